The molecule has 0 bridgehead atoms. The summed E-state index contributed by atoms with van der Waals surface area (Å²) in [5.74, 6) is -1.02. The van der Waals surface area contributed by atoms with Crippen LogP contribution in [0.2, 0.25) is 10.0 Å². The minimum absolute atomic E-state index is 0.258. The minimum Gasteiger partial charge on any atom is -0.449 e. The molecule has 0 aliphatic heterocycles. The van der Waals surface area contributed by atoms with Gasteiger partial charge in [-0.3, -0.25) is 4.79 Å². The van der Waals surface area contributed by atoms with Gasteiger partial charge in [0.25, 0.3) is 5.91 Å². The second-order valence-electron chi connectivity index (χ2n) is 5.52. The van der Waals surface area contributed by atoms with Crippen molar-refractivity contribution < 1.29 is 18.7 Å². The lowest BCUT2D eigenvalue weighted by Crippen LogP contribution is -2.29. The van der Waals surface area contributed by atoms with E-state index in [9.17, 15) is 9.59 Å². The maximum atomic E-state index is 12.2. The van der Waals surface area contributed by atoms with Crippen molar-refractivity contribution in [1.82, 2.24) is 4.98 Å². The zero-order valence-corrected chi connectivity index (χ0v) is 15.6. The number of para-hydroxylation sites is 3. The SMILES string of the molecule is C[C@@H](OC(=O)/C=C/c1nc2ccccc2o1)C(=O)Nc1c(Cl)cccc1Cl. The number of ether oxygens (including phenoxy) is 1. The molecule has 0 aliphatic carbocycles. The Labute approximate surface area is 164 Å². The molecule has 6 nitrogen and oxygen atoms in total. The van der Waals surface area contributed by atoms with E-state index in [0.29, 0.717) is 11.1 Å². The van der Waals surface area contributed by atoms with Crippen molar-refractivity contribution in [2.75, 3.05) is 5.32 Å². The van der Waals surface area contributed by atoms with E-state index in [1.54, 1.807) is 30.3 Å². The number of nitrogens with zero attached hydrogens (tertiary/aromatic N) is 1. The highest BCUT2D eigenvalue weighted by molar-refractivity contribution is 6.39. The quantitative estimate of drug-likeness (QED) is 0.491. The Bertz CT molecular complexity index is 976. The number of anilines is 1. The molecule has 1 atom stereocenters. The molecule has 3 rings (SSSR count). The number of halogens is 2. The molecular formula is C19H14Cl2N2O4. The molecule has 0 spiro atoms. The van der Waals surface area contributed by atoms with Crippen molar-refractivity contribution in [2.24, 2.45) is 0 Å². The van der Waals surface area contributed by atoms with Crippen LogP contribution in [0.25, 0.3) is 17.2 Å². The van der Waals surface area contributed by atoms with Gasteiger partial charge in [-0.25, -0.2) is 9.78 Å². The van der Waals surface area contributed by atoms with Crippen LogP contribution in [0, 0.1) is 0 Å². The number of esters is 1. The number of carbonyl (C=O) groups is 2. The summed E-state index contributed by atoms with van der Waals surface area (Å²) in [7, 11) is 0. The number of amides is 1. The summed E-state index contributed by atoms with van der Waals surface area (Å²) in [5, 5.41) is 3.11. The van der Waals surface area contributed by atoms with Crippen molar-refractivity contribution in [3.63, 3.8) is 0 Å². The molecular weight excluding hydrogens is 391 g/mol. The molecule has 0 radical (unpaired) electrons. The van der Waals surface area contributed by atoms with Crippen LogP contribution in [0.1, 0.15) is 12.8 Å². The normalized spacial score (nSPS) is 12.3. The molecule has 1 aromatic heterocycles. The van der Waals surface area contributed by atoms with Gasteiger partial charge in [-0.15, -0.1) is 0 Å². The van der Waals surface area contributed by atoms with Gasteiger partial charge in [-0.1, -0.05) is 41.4 Å². The Morgan fingerprint density at radius 1 is 1.15 bits per heavy atom. The molecule has 27 heavy (non-hydrogen) atoms. The fourth-order valence-corrected chi connectivity index (χ4v) is 2.70. The number of oxazole rings is 1. The Kier molecular flexibility index (Phi) is 5.78. The van der Waals surface area contributed by atoms with Gasteiger partial charge in [0.15, 0.2) is 11.7 Å². The number of nitrogens with one attached hydrogen (secondary N) is 1. The van der Waals surface area contributed by atoms with Gasteiger partial charge in [-0.2, -0.15) is 0 Å². The number of hydrogen-bond donors (Lipinski definition) is 1. The second-order valence-corrected chi connectivity index (χ2v) is 6.33. The van der Waals surface area contributed by atoms with E-state index in [4.69, 9.17) is 32.4 Å². The highest BCUT2D eigenvalue weighted by Crippen LogP contribution is 2.29. The Morgan fingerprint density at radius 3 is 2.56 bits per heavy atom. The van der Waals surface area contributed by atoms with Gasteiger partial charge in [0.1, 0.15) is 5.52 Å². The topological polar surface area (TPSA) is 81.4 Å². The third-order valence-corrected chi connectivity index (χ3v) is 4.18. The van der Waals surface area contributed by atoms with Crippen LogP contribution < -0.4 is 5.32 Å². The summed E-state index contributed by atoms with van der Waals surface area (Å²) in [4.78, 5) is 28.3. The molecule has 0 aliphatic rings. The first kappa shape index (κ1) is 18.9. The molecule has 0 fully saturated rings. The standard InChI is InChI=1S/C19H14Cl2N2O4/c1-11(19(25)23-18-12(20)5-4-6-13(18)21)26-17(24)10-9-16-22-14-7-2-3-8-15(14)27-16/h2-11H,1H3,(H,23,25)/b10-9+/t11-/m1/s1. The van der Waals surface area contributed by atoms with Crippen LogP contribution in [0.15, 0.2) is 53.0 Å². The van der Waals surface area contributed by atoms with Crippen LogP contribution in [0.5, 0.6) is 0 Å². The zero-order valence-electron chi connectivity index (χ0n) is 14.1. The Morgan fingerprint density at radius 2 is 1.85 bits per heavy atom. The van der Waals surface area contributed by atoms with E-state index in [2.05, 4.69) is 10.3 Å². The van der Waals surface area contributed by atoms with Crippen LogP contribution in [0.3, 0.4) is 0 Å². The number of carbonyl (C=O) groups excluding carboxylic acids is 2. The lowest BCUT2D eigenvalue weighted by atomic mass is 10.3. The molecule has 1 N–H and O–H groups in total. The fraction of sp³-hybridized carbons (Fsp3) is 0.105. The lowest BCUT2D eigenvalue weighted by Gasteiger charge is -2.14. The number of aromatic nitrogens is 1. The number of rotatable bonds is 5. The summed E-state index contributed by atoms with van der Waals surface area (Å²) in [6, 6.07) is 12.0. The fourth-order valence-electron chi connectivity index (χ4n) is 2.21. The molecule has 2 aromatic carbocycles. The third kappa shape index (κ3) is 4.67. The molecule has 1 amide bonds. The number of benzene rings is 2. The van der Waals surface area contributed by atoms with Gasteiger partial charge in [0.05, 0.1) is 15.7 Å². The molecule has 8 heteroatoms. The van der Waals surface area contributed by atoms with Gasteiger partial charge < -0.3 is 14.5 Å². The van der Waals surface area contributed by atoms with E-state index in [1.807, 2.05) is 12.1 Å². The van der Waals surface area contributed by atoms with Gasteiger partial charge >= 0.3 is 5.97 Å². The van der Waals surface area contributed by atoms with Crippen molar-refractivity contribution in [3.8, 4) is 0 Å². The average Bonchev–Trinajstić information content (AvgIpc) is 3.06. The third-order valence-electron chi connectivity index (χ3n) is 3.55. The monoisotopic (exact) mass is 404 g/mol. The summed E-state index contributed by atoms with van der Waals surface area (Å²) >= 11 is 12.0. The molecule has 0 unspecified atom stereocenters. The Hall–Kier alpha value is -2.83. The van der Waals surface area contributed by atoms with E-state index in [0.717, 1.165) is 6.08 Å². The van der Waals surface area contributed by atoms with Crippen molar-refractivity contribution in [1.29, 1.82) is 0 Å². The average molecular weight is 405 g/mol. The van der Waals surface area contributed by atoms with Crippen molar-refractivity contribution in [3.05, 3.63) is 64.5 Å². The first-order valence-electron chi connectivity index (χ1n) is 7.93. The van der Waals surface area contributed by atoms with Crippen LogP contribution >= 0.6 is 23.2 Å². The van der Waals surface area contributed by atoms with Gasteiger partial charge in [-0.05, 0) is 31.2 Å². The Balaban J connectivity index is 1.60. The molecule has 0 saturated heterocycles. The summed E-state index contributed by atoms with van der Waals surface area (Å²) in [5.41, 5.74) is 1.54. The van der Waals surface area contributed by atoms with E-state index >= 15 is 0 Å². The maximum Gasteiger partial charge on any atom is 0.331 e. The summed E-state index contributed by atoms with van der Waals surface area (Å²) in [6.07, 6.45) is 1.45. The first-order chi connectivity index (χ1) is 12.9. The lowest BCUT2D eigenvalue weighted by molar-refractivity contribution is -0.148. The molecule has 0 saturated carbocycles. The molecule has 138 valence electrons. The van der Waals surface area contributed by atoms with E-state index in [-0.39, 0.29) is 21.6 Å². The maximum absolute atomic E-state index is 12.2. The minimum atomic E-state index is -1.06. The van der Waals surface area contributed by atoms with Crippen LogP contribution in [0.4, 0.5) is 5.69 Å². The van der Waals surface area contributed by atoms with Gasteiger partial charge in [0.2, 0.25) is 5.89 Å². The molecule has 3 aromatic rings. The summed E-state index contributed by atoms with van der Waals surface area (Å²) < 4.78 is 10.5. The van der Waals surface area contributed by atoms with E-state index < -0.39 is 18.0 Å². The summed E-state index contributed by atoms with van der Waals surface area (Å²) in [6.45, 7) is 1.44. The smallest absolute Gasteiger partial charge is 0.331 e. The van der Waals surface area contributed by atoms with Crippen LogP contribution in [-0.4, -0.2) is 23.0 Å². The first-order valence-corrected chi connectivity index (χ1v) is 8.69. The van der Waals surface area contributed by atoms with Gasteiger partial charge in [0, 0.05) is 12.2 Å². The largest absolute Gasteiger partial charge is 0.449 e. The van der Waals surface area contributed by atoms with Crippen molar-refractivity contribution >= 4 is 57.9 Å². The zero-order chi connectivity index (χ0) is 19.4. The van der Waals surface area contributed by atoms with Crippen molar-refractivity contribution in [2.45, 2.75) is 13.0 Å². The number of hydrogen-bond acceptors (Lipinski definition) is 5. The highest BCUT2D eigenvalue weighted by Gasteiger charge is 2.19. The predicted octanol–water partition coefficient (Wildman–Crippen LogP) is 4.72. The highest BCUT2D eigenvalue weighted by atomic mass is 35.5. The van der Waals surface area contributed by atoms with E-state index in [1.165, 1.54) is 13.0 Å². The predicted molar refractivity (Wildman–Crippen MR) is 104 cm³/mol. The molecule has 1 heterocycles. The second kappa shape index (κ2) is 8.24. The van der Waals surface area contributed by atoms with Crippen LogP contribution in [-0.2, 0) is 14.3 Å². The number of fused-ring (bicyclic) bond motifs is 1.